The summed E-state index contributed by atoms with van der Waals surface area (Å²) in [4.78, 5) is 13.1. The van der Waals surface area contributed by atoms with E-state index in [2.05, 4.69) is 20.5 Å². The molecular formula is C23H23F3N4O3. The summed E-state index contributed by atoms with van der Waals surface area (Å²) in [5, 5.41) is 10.6. The van der Waals surface area contributed by atoms with Crippen molar-refractivity contribution in [3.63, 3.8) is 0 Å². The highest BCUT2D eigenvalue weighted by atomic mass is 19.4. The fourth-order valence-corrected chi connectivity index (χ4v) is 3.89. The average molecular weight is 460 g/mol. The summed E-state index contributed by atoms with van der Waals surface area (Å²) in [6.45, 7) is 1.67. The van der Waals surface area contributed by atoms with Crippen LogP contribution in [0.25, 0.3) is 5.69 Å². The third-order valence-corrected chi connectivity index (χ3v) is 5.44. The Balaban J connectivity index is 1.60. The van der Waals surface area contributed by atoms with Crippen LogP contribution in [0, 0.1) is 0 Å². The predicted octanol–water partition coefficient (Wildman–Crippen LogP) is 4.50. The zero-order valence-corrected chi connectivity index (χ0v) is 17.9. The molecule has 0 aliphatic carbocycles. The molecule has 174 valence electrons. The first-order valence-electron chi connectivity index (χ1n) is 10.4. The molecule has 2 aromatic carbocycles. The number of carbonyl (C=O) groups is 1. The topological polar surface area (TPSA) is 77.4 Å². The van der Waals surface area contributed by atoms with E-state index in [1.165, 1.54) is 18.3 Å². The first kappa shape index (κ1) is 22.7. The number of nitrogens with one attached hydrogen (secondary N) is 2. The third kappa shape index (κ3) is 5.46. The van der Waals surface area contributed by atoms with Gasteiger partial charge in [-0.15, -0.1) is 13.2 Å². The average Bonchev–Trinajstić information content (AvgIpc) is 3.25. The maximum Gasteiger partial charge on any atom is 0.573 e. The smallest absolute Gasteiger partial charge is 0.497 e. The number of aromatic nitrogens is 2. The highest BCUT2D eigenvalue weighted by molar-refractivity contribution is 6.05. The van der Waals surface area contributed by atoms with E-state index in [0.717, 1.165) is 49.4 Å². The number of amides is 1. The largest absolute Gasteiger partial charge is 0.573 e. The van der Waals surface area contributed by atoms with Crippen LogP contribution in [0.3, 0.4) is 0 Å². The van der Waals surface area contributed by atoms with Gasteiger partial charge in [-0.05, 0) is 74.5 Å². The quantitative estimate of drug-likeness (QED) is 0.567. The maximum absolute atomic E-state index is 13.1. The Morgan fingerprint density at radius 3 is 2.30 bits per heavy atom. The number of alkyl halides is 3. The first-order chi connectivity index (χ1) is 15.8. The number of halogens is 3. The van der Waals surface area contributed by atoms with Gasteiger partial charge in [0.25, 0.3) is 5.91 Å². The van der Waals surface area contributed by atoms with Crippen LogP contribution in [0.4, 0.5) is 18.9 Å². The van der Waals surface area contributed by atoms with Crippen LogP contribution in [0.2, 0.25) is 0 Å². The minimum Gasteiger partial charge on any atom is -0.497 e. The second-order valence-electron chi connectivity index (χ2n) is 7.60. The molecule has 10 heteroatoms. The zero-order chi connectivity index (χ0) is 23.4. The van der Waals surface area contributed by atoms with Gasteiger partial charge in [0.2, 0.25) is 0 Å². The van der Waals surface area contributed by atoms with Crippen molar-refractivity contribution in [3.05, 3.63) is 66.0 Å². The number of benzene rings is 2. The Bertz CT molecular complexity index is 1090. The molecule has 33 heavy (non-hydrogen) atoms. The molecule has 0 bridgehead atoms. The van der Waals surface area contributed by atoms with Gasteiger partial charge in [-0.2, -0.15) is 5.10 Å². The number of piperidine rings is 1. The van der Waals surface area contributed by atoms with Crippen LogP contribution in [0.15, 0.2) is 54.7 Å². The molecule has 0 saturated carbocycles. The fraction of sp³-hybridized carbons (Fsp3) is 0.304. The van der Waals surface area contributed by atoms with E-state index in [9.17, 15) is 18.0 Å². The van der Waals surface area contributed by atoms with Crippen molar-refractivity contribution in [2.45, 2.75) is 25.1 Å². The number of hydrogen-bond donors (Lipinski definition) is 2. The number of hydrogen-bond acceptors (Lipinski definition) is 5. The number of carbonyl (C=O) groups excluding carboxylic acids is 1. The molecule has 2 heterocycles. The van der Waals surface area contributed by atoms with Crippen LogP contribution in [0.5, 0.6) is 11.5 Å². The minimum absolute atomic E-state index is 0.124. The van der Waals surface area contributed by atoms with Crippen molar-refractivity contribution in [2.24, 2.45) is 0 Å². The van der Waals surface area contributed by atoms with Crippen molar-refractivity contribution < 1.29 is 27.4 Å². The number of methoxy groups -OCH3 is 1. The van der Waals surface area contributed by atoms with Crippen molar-refractivity contribution in [1.29, 1.82) is 0 Å². The van der Waals surface area contributed by atoms with Crippen molar-refractivity contribution in [1.82, 2.24) is 15.1 Å². The van der Waals surface area contributed by atoms with Gasteiger partial charge in [0.1, 0.15) is 11.5 Å². The van der Waals surface area contributed by atoms with Crippen LogP contribution >= 0.6 is 0 Å². The molecule has 0 spiro atoms. The molecule has 1 aliphatic rings. The first-order valence-corrected chi connectivity index (χ1v) is 10.4. The van der Waals surface area contributed by atoms with E-state index < -0.39 is 6.36 Å². The van der Waals surface area contributed by atoms with Crippen molar-refractivity contribution >= 4 is 11.6 Å². The summed E-state index contributed by atoms with van der Waals surface area (Å²) >= 11 is 0. The molecule has 1 amide bonds. The third-order valence-electron chi connectivity index (χ3n) is 5.44. The fourth-order valence-electron chi connectivity index (χ4n) is 3.89. The molecule has 7 nitrogen and oxygen atoms in total. The summed E-state index contributed by atoms with van der Waals surface area (Å²) in [6, 6.07) is 12.4. The van der Waals surface area contributed by atoms with Gasteiger partial charge in [0.05, 0.1) is 30.3 Å². The van der Waals surface area contributed by atoms with Gasteiger partial charge < -0.3 is 20.1 Å². The van der Waals surface area contributed by atoms with Gasteiger partial charge in [-0.3, -0.25) is 4.79 Å². The molecular weight excluding hydrogens is 437 g/mol. The Kier molecular flexibility index (Phi) is 6.55. The van der Waals surface area contributed by atoms with E-state index in [1.54, 1.807) is 11.8 Å². The van der Waals surface area contributed by atoms with Crippen molar-refractivity contribution in [2.75, 3.05) is 25.5 Å². The van der Waals surface area contributed by atoms with Crippen molar-refractivity contribution in [3.8, 4) is 17.2 Å². The van der Waals surface area contributed by atoms with E-state index in [-0.39, 0.29) is 17.6 Å². The molecule has 1 saturated heterocycles. The van der Waals surface area contributed by atoms with Gasteiger partial charge in [0, 0.05) is 11.6 Å². The molecule has 0 unspecified atom stereocenters. The minimum atomic E-state index is -4.77. The summed E-state index contributed by atoms with van der Waals surface area (Å²) < 4.78 is 48.0. The molecule has 1 aliphatic heterocycles. The Labute approximate surface area is 188 Å². The monoisotopic (exact) mass is 460 g/mol. The number of rotatable bonds is 6. The Morgan fingerprint density at radius 1 is 1.06 bits per heavy atom. The lowest BCUT2D eigenvalue weighted by Gasteiger charge is -2.24. The molecule has 3 aromatic rings. The molecule has 4 rings (SSSR count). The molecule has 2 N–H and O–H groups in total. The normalized spacial score (nSPS) is 14.7. The number of ether oxygens (including phenoxy) is 2. The lowest BCUT2D eigenvalue weighted by Crippen LogP contribution is -2.29. The lowest BCUT2D eigenvalue weighted by molar-refractivity contribution is -0.274. The number of anilines is 1. The van der Waals surface area contributed by atoms with Gasteiger partial charge >= 0.3 is 6.36 Å². The summed E-state index contributed by atoms with van der Waals surface area (Å²) in [5.74, 6) is 0.0976. The summed E-state index contributed by atoms with van der Waals surface area (Å²) in [7, 11) is 1.59. The van der Waals surface area contributed by atoms with E-state index in [4.69, 9.17) is 4.74 Å². The Hall–Kier alpha value is -3.53. The highest BCUT2D eigenvalue weighted by Gasteiger charge is 2.31. The van der Waals surface area contributed by atoms with Crippen LogP contribution in [-0.2, 0) is 0 Å². The van der Waals surface area contributed by atoms with Crippen LogP contribution in [-0.4, -0.2) is 42.2 Å². The lowest BCUT2D eigenvalue weighted by atomic mass is 9.91. The molecule has 1 fully saturated rings. The Morgan fingerprint density at radius 2 is 1.70 bits per heavy atom. The summed E-state index contributed by atoms with van der Waals surface area (Å²) in [6.07, 6.45) is -1.54. The maximum atomic E-state index is 13.1. The van der Waals surface area contributed by atoms with E-state index in [0.29, 0.717) is 17.0 Å². The molecule has 0 radical (unpaired) electrons. The van der Waals surface area contributed by atoms with Gasteiger partial charge in [-0.25, -0.2) is 4.68 Å². The number of nitrogens with zero attached hydrogens (tertiary/aromatic N) is 2. The van der Waals surface area contributed by atoms with Gasteiger partial charge in [-0.1, -0.05) is 0 Å². The van der Waals surface area contributed by atoms with E-state index >= 15 is 0 Å². The standard InChI is InChI=1S/C23H23F3N4O3/c1-32-18-8-4-17(5-9-18)30-21(15-10-12-27-13-11-15)20(14-28-30)22(31)29-16-2-6-19(7-3-16)33-23(24,25)26/h2-9,14-15,27H,10-13H2,1H3,(H,29,31). The molecule has 0 atom stereocenters. The second-order valence-corrected chi connectivity index (χ2v) is 7.60. The predicted molar refractivity (Wildman–Crippen MR) is 116 cm³/mol. The van der Waals surface area contributed by atoms with Gasteiger partial charge in [0.15, 0.2) is 0 Å². The second kappa shape index (κ2) is 9.53. The summed E-state index contributed by atoms with van der Waals surface area (Å²) in [5.41, 5.74) is 2.38. The van der Waals surface area contributed by atoms with Crippen LogP contribution in [0.1, 0.15) is 34.8 Å². The SMILES string of the molecule is COc1ccc(-n2ncc(C(=O)Nc3ccc(OC(F)(F)F)cc3)c2C2CCNCC2)cc1. The van der Waals surface area contributed by atoms with E-state index in [1.807, 2.05) is 24.3 Å². The van der Waals surface area contributed by atoms with Crippen LogP contribution < -0.4 is 20.1 Å². The zero-order valence-electron chi connectivity index (χ0n) is 17.9. The molecule has 1 aromatic heterocycles. The highest BCUT2D eigenvalue weighted by Crippen LogP contribution is 2.31.